The highest BCUT2D eigenvalue weighted by molar-refractivity contribution is 6.11. The van der Waals surface area contributed by atoms with Gasteiger partial charge in [-0.15, -0.1) is 0 Å². The van der Waals surface area contributed by atoms with E-state index in [1.54, 1.807) is 0 Å². The third-order valence-corrected chi connectivity index (χ3v) is 25.4. The largest absolute Gasteiger partial charge is 0.435 e. The molecular formula is C129H118N12O. The van der Waals surface area contributed by atoms with Gasteiger partial charge in [-0.05, 0) is 136 Å². The number of aromatic nitrogens is 12. The van der Waals surface area contributed by atoms with Crippen molar-refractivity contribution in [2.24, 2.45) is 0 Å². The van der Waals surface area contributed by atoms with E-state index in [4.69, 9.17) is 59.2 Å². The molecule has 700 valence electrons. The van der Waals surface area contributed by atoms with Crippen molar-refractivity contribution in [1.82, 2.24) is 59.4 Å². The predicted octanol–water partition coefficient (Wildman–Crippen LogP) is 34.3. The molecule has 17 aromatic carbocycles. The number of oxazole rings is 1. The van der Waals surface area contributed by atoms with Gasteiger partial charge in [0.2, 0.25) is 5.89 Å². The number of nitrogens with zero attached hydrogens (tertiary/aromatic N) is 12. The van der Waals surface area contributed by atoms with Crippen LogP contribution in [0.15, 0.2) is 399 Å². The highest BCUT2D eigenvalue weighted by Crippen LogP contribution is 2.44. The number of fused-ring (bicyclic) bond motifs is 14. The van der Waals surface area contributed by atoms with Crippen LogP contribution in [0.25, 0.3) is 205 Å². The molecule has 0 amide bonds. The Bertz CT molecular complexity index is 8740. The Morgan fingerprint density at radius 3 is 1.04 bits per heavy atom. The molecule has 0 unspecified atom stereocenters. The van der Waals surface area contributed by atoms with Crippen LogP contribution >= 0.6 is 0 Å². The van der Waals surface area contributed by atoms with Crippen molar-refractivity contribution in [3.8, 4) is 84.6 Å². The zero-order valence-electron chi connectivity index (χ0n) is 81.8. The first-order valence-electron chi connectivity index (χ1n) is 48.0. The summed E-state index contributed by atoms with van der Waals surface area (Å²) in [6.07, 6.45) is 0. The van der Waals surface area contributed by atoms with Crippen molar-refractivity contribution in [2.45, 2.75) is 146 Å². The second-order valence-electron chi connectivity index (χ2n) is 41.0. The minimum atomic E-state index is -0.170. The molecule has 24 aromatic rings. The Morgan fingerprint density at radius 2 is 0.528 bits per heavy atom. The van der Waals surface area contributed by atoms with Crippen molar-refractivity contribution in [2.75, 3.05) is 0 Å². The summed E-state index contributed by atoms with van der Waals surface area (Å²) in [6, 6.07) is 136. The minimum absolute atomic E-state index is 0. The van der Waals surface area contributed by atoms with Gasteiger partial charge in [0.15, 0.2) is 5.58 Å². The maximum absolute atomic E-state index is 6.24. The fourth-order valence-electron chi connectivity index (χ4n) is 18.4. The molecule has 0 radical (unpaired) electrons. The summed E-state index contributed by atoms with van der Waals surface area (Å²) < 4.78 is 8.59. The molecule has 24 rings (SSSR count). The van der Waals surface area contributed by atoms with E-state index in [9.17, 15) is 0 Å². The molecular weight excluding hydrogens is 1730 g/mol. The Balaban J connectivity index is 0.000000117. The molecule has 0 fully saturated rings. The van der Waals surface area contributed by atoms with E-state index in [2.05, 4.69) is 357 Å². The molecule has 0 atom stereocenters. The average molecular weight is 1850 g/mol. The first-order chi connectivity index (χ1) is 67.6. The summed E-state index contributed by atoms with van der Waals surface area (Å²) in [7, 11) is 0. The molecule has 13 nitrogen and oxygen atoms in total. The lowest BCUT2D eigenvalue weighted by Gasteiger charge is -2.22. The summed E-state index contributed by atoms with van der Waals surface area (Å²) >= 11 is 0. The third-order valence-electron chi connectivity index (χ3n) is 25.4. The molecule has 7 aromatic heterocycles. The van der Waals surface area contributed by atoms with E-state index in [-0.39, 0.29) is 41.9 Å². The molecule has 0 aliphatic heterocycles. The summed E-state index contributed by atoms with van der Waals surface area (Å²) in [5.41, 5.74) is 32.4. The summed E-state index contributed by atoms with van der Waals surface area (Å²) in [5, 5.41) is 9.72. The topological polar surface area (TPSA) is 160 Å². The zero-order chi connectivity index (χ0) is 96.8. The average Bonchev–Trinajstić information content (AvgIpc) is 1.61. The quantitative estimate of drug-likeness (QED) is 0.133. The SMILES string of the molecule is C.C.CC(C)(C)c1nc2c(ccc3ccccc32)nc1-c1ccccc1.CC(C)(C)c1nc2ccc3ccccc3c2nc1-c1ccccc1.CC(C)(C)c1nc2ccccc2nc1-c1ccc(-c2ccc3ccccc3c2)cc1.CC(C)(C)c1nc2ccccc2nc1-c1ccc2c3ccccc3n(-c3ccccc3)c2c1.CC(C)(C)c1nc2ccccc2nc1-c1cccc2nc(-c3ccccc3)oc12. The van der Waals surface area contributed by atoms with Crippen LogP contribution < -0.4 is 0 Å². The predicted molar refractivity (Wildman–Crippen MR) is 597 cm³/mol. The number of rotatable bonds is 8. The van der Waals surface area contributed by atoms with Gasteiger partial charge >= 0.3 is 0 Å². The van der Waals surface area contributed by atoms with Gasteiger partial charge in [-0.25, -0.2) is 54.8 Å². The number of hydrogen-bond acceptors (Lipinski definition) is 12. The minimum Gasteiger partial charge on any atom is -0.435 e. The van der Waals surface area contributed by atoms with Crippen LogP contribution in [0.5, 0.6) is 0 Å². The maximum Gasteiger partial charge on any atom is 0.227 e. The third kappa shape index (κ3) is 19.7. The number of para-hydroxylation sites is 9. The maximum atomic E-state index is 6.24. The molecule has 13 heteroatoms. The lowest BCUT2D eigenvalue weighted by atomic mass is 9.88. The van der Waals surface area contributed by atoms with Gasteiger partial charge in [0.1, 0.15) is 5.52 Å². The van der Waals surface area contributed by atoms with Crippen LogP contribution in [-0.4, -0.2) is 59.4 Å². The van der Waals surface area contributed by atoms with Gasteiger partial charge in [0.25, 0.3) is 0 Å². The summed E-state index contributed by atoms with van der Waals surface area (Å²) in [6.45, 7) is 32.8. The van der Waals surface area contributed by atoms with Crippen LogP contribution in [0.2, 0.25) is 0 Å². The van der Waals surface area contributed by atoms with Crippen molar-refractivity contribution in [3.05, 3.63) is 423 Å². The fourth-order valence-corrected chi connectivity index (χ4v) is 18.4. The molecule has 0 saturated carbocycles. The molecule has 142 heavy (non-hydrogen) atoms. The van der Waals surface area contributed by atoms with Crippen molar-refractivity contribution < 1.29 is 4.42 Å². The van der Waals surface area contributed by atoms with Crippen LogP contribution in [0, 0.1) is 0 Å². The normalized spacial score (nSPS) is 11.8. The smallest absolute Gasteiger partial charge is 0.227 e. The second-order valence-corrected chi connectivity index (χ2v) is 41.0. The van der Waals surface area contributed by atoms with E-state index in [0.29, 0.717) is 5.89 Å². The van der Waals surface area contributed by atoms with Crippen molar-refractivity contribution in [3.63, 3.8) is 0 Å². The van der Waals surface area contributed by atoms with Crippen LogP contribution in [-0.2, 0) is 27.1 Å². The monoisotopic (exact) mass is 1850 g/mol. The molecule has 0 spiro atoms. The van der Waals surface area contributed by atoms with Crippen LogP contribution in [0.4, 0.5) is 0 Å². The van der Waals surface area contributed by atoms with E-state index in [1.165, 1.54) is 54.5 Å². The molecule has 0 saturated heterocycles. The highest BCUT2D eigenvalue weighted by Gasteiger charge is 2.31. The summed E-state index contributed by atoms with van der Waals surface area (Å²) in [4.78, 5) is 55.0. The van der Waals surface area contributed by atoms with Crippen LogP contribution in [0.1, 0.15) is 147 Å². The van der Waals surface area contributed by atoms with Gasteiger partial charge in [0.05, 0.1) is 123 Å². The first-order valence-corrected chi connectivity index (χ1v) is 48.0. The fraction of sp³-hybridized carbons (Fsp3) is 0.171. The lowest BCUT2D eigenvalue weighted by molar-refractivity contribution is 0.570. The van der Waals surface area contributed by atoms with Gasteiger partial charge in [0, 0.05) is 87.7 Å². The Hall–Kier alpha value is -16.5. The van der Waals surface area contributed by atoms with Crippen molar-refractivity contribution >= 4 is 120 Å². The first kappa shape index (κ1) is 95.8. The molecule has 0 N–H and O–H groups in total. The molecule has 0 bridgehead atoms. The zero-order valence-corrected chi connectivity index (χ0v) is 81.8. The van der Waals surface area contributed by atoms with Gasteiger partial charge < -0.3 is 8.98 Å². The summed E-state index contributed by atoms with van der Waals surface area (Å²) in [5.74, 6) is 0.610. The van der Waals surface area contributed by atoms with E-state index in [1.807, 2.05) is 146 Å². The molecule has 0 aliphatic carbocycles. The molecule has 7 heterocycles. The standard InChI is InChI=1S/C30H25N3.C28H24N2.C25H21N3O.2C22H20N2.2CH4/c1-30(2,3)29-28(31-24-14-8-9-15-25(24)32-29)20-17-18-23-22-13-7-10-16-26(22)33(27(23)19-20)21-11-5-4-6-12-21;1-28(2,3)27-26(29-24-10-6-7-11-25(24)30-27)21-15-12-20(13-16-21)23-17-14-19-8-4-5-9-22(19)18-23;1-25(2,3)23-21(26-18-13-7-8-14-19(18)27-23)17-12-9-15-20-22(17)29-24(28-20)16-10-5-4-6-11-16;1-22(2,3)21-19(16-10-5-4-6-11-16)24-20-17-12-8-7-9-15(17)13-14-18(20)23-21;1-22(2,3)21-19(16-10-5-4-6-11-16)23-18-14-13-15-9-7-8-12-17(15)20(18)24-21;;/h4-19H,1-3H3;4-18H,1-3H3;4-15H,1-3H3;2*4-14H,1-3H3;2*1H4. The number of hydrogen-bond donors (Lipinski definition) is 0. The van der Waals surface area contributed by atoms with Gasteiger partial charge in [-0.3, -0.25) is 0 Å². The van der Waals surface area contributed by atoms with E-state index >= 15 is 0 Å². The molecule has 0 aliphatic rings. The van der Waals surface area contributed by atoms with Crippen LogP contribution in [0.3, 0.4) is 0 Å². The van der Waals surface area contributed by atoms with E-state index in [0.717, 1.165) is 173 Å². The van der Waals surface area contributed by atoms with Crippen molar-refractivity contribution in [1.29, 1.82) is 0 Å². The van der Waals surface area contributed by atoms with Gasteiger partial charge in [-0.1, -0.05) is 410 Å². The Labute approximate surface area is 831 Å². The number of benzene rings is 17. The lowest BCUT2D eigenvalue weighted by Crippen LogP contribution is -2.16. The second kappa shape index (κ2) is 39.4. The Morgan fingerprint density at radius 1 is 0.197 bits per heavy atom. The van der Waals surface area contributed by atoms with E-state index < -0.39 is 0 Å². The Kier molecular flexibility index (Phi) is 26.6. The highest BCUT2D eigenvalue weighted by atomic mass is 16.3. The van der Waals surface area contributed by atoms with Gasteiger partial charge in [-0.2, -0.15) is 0 Å².